The van der Waals surface area contributed by atoms with Crippen molar-refractivity contribution in [2.45, 2.75) is 25.9 Å². The van der Waals surface area contributed by atoms with Crippen LogP contribution in [0.1, 0.15) is 30.5 Å². The van der Waals surface area contributed by atoms with Gasteiger partial charge in [0, 0.05) is 12.5 Å². The molecule has 1 aromatic heterocycles. The summed E-state index contributed by atoms with van der Waals surface area (Å²) in [5, 5.41) is 7.22. The van der Waals surface area contributed by atoms with Crippen LogP contribution in [0.3, 0.4) is 0 Å². The van der Waals surface area contributed by atoms with Crippen LogP contribution in [0, 0.1) is 0 Å². The molecule has 5 nitrogen and oxygen atoms in total. The van der Waals surface area contributed by atoms with Crippen molar-refractivity contribution in [3.8, 4) is 0 Å². The van der Waals surface area contributed by atoms with Crippen LogP contribution in [-0.4, -0.2) is 42.9 Å². The number of nitrogens with zero attached hydrogens (tertiary/aromatic N) is 1. The van der Waals surface area contributed by atoms with E-state index in [0.29, 0.717) is 6.42 Å². The van der Waals surface area contributed by atoms with E-state index in [4.69, 9.17) is 0 Å². The zero-order valence-electron chi connectivity index (χ0n) is 15.1. The van der Waals surface area contributed by atoms with Crippen LogP contribution in [0.25, 0.3) is 0 Å². The second-order valence-corrected chi connectivity index (χ2v) is 7.59. The number of hydrogen-bond donors (Lipinski definition) is 2. The van der Waals surface area contributed by atoms with Crippen molar-refractivity contribution < 1.29 is 14.5 Å². The number of carbonyl (C=O) groups excluding carboxylic acids is 2. The lowest BCUT2D eigenvalue weighted by Crippen LogP contribution is -3.13. The van der Waals surface area contributed by atoms with E-state index in [0.717, 1.165) is 38.3 Å². The molecular formula is C20H26N3O2S+. The van der Waals surface area contributed by atoms with Gasteiger partial charge in [0.05, 0.1) is 38.6 Å². The maximum Gasteiger partial charge on any atom is 0.225 e. The third kappa shape index (κ3) is 5.16. The van der Waals surface area contributed by atoms with Crippen molar-refractivity contribution in [2.24, 2.45) is 0 Å². The van der Waals surface area contributed by atoms with Gasteiger partial charge in [-0.3, -0.25) is 9.59 Å². The van der Waals surface area contributed by atoms with Crippen molar-refractivity contribution in [1.29, 1.82) is 0 Å². The first-order chi connectivity index (χ1) is 12.6. The molecule has 0 radical (unpaired) electrons. The van der Waals surface area contributed by atoms with Gasteiger partial charge in [-0.2, -0.15) is 11.3 Å². The highest BCUT2D eigenvalue weighted by Crippen LogP contribution is 2.18. The first-order valence-corrected chi connectivity index (χ1v) is 10.0. The van der Waals surface area contributed by atoms with Gasteiger partial charge in [0.1, 0.15) is 6.54 Å². The third-order valence-corrected chi connectivity index (χ3v) is 5.55. The molecule has 0 unspecified atom stereocenters. The monoisotopic (exact) mass is 372 g/mol. The van der Waals surface area contributed by atoms with Crippen LogP contribution in [0.4, 0.5) is 0 Å². The molecule has 1 aliphatic rings. The van der Waals surface area contributed by atoms with E-state index in [1.807, 2.05) is 35.2 Å². The smallest absolute Gasteiger partial charge is 0.225 e. The molecule has 0 spiro atoms. The molecule has 1 aliphatic heterocycles. The highest BCUT2D eigenvalue weighted by atomic mass is 32.1. The number of quaternary nitrogens is 1. The largest absolute Gasteiger partial charge is 0.349 e. The molecule has 2 amide bonds. The number of hydrogen-bond acceptors (Lipinski definition) is 3. The van der Waals surface area contributed by atoms with E-state index in [-0.39, 0.29) is 17.9 Å². The summed E-state index contributed by atoms with van der Waals surface area (Å²) in [4.78, 5) is 27.8. The van der Waals surface area contributed by atoms with Crippen molar-refractivity contribution in [2.75, 3.05) is 26.2 Å². The Morgan fingerprint density at radius 1 is 1.19 bits per heavy atom. The van der Waals surface area contributed by atoms with E-state index in [2.05, 4.69) is 22.1 Å². The zero-order chi connectivity index (χ0) is 18.4. The van der Waals surface area contributed by atoms with Gasteiger partial charge >= 0.3 is 0 Å². The number of benzene rings is 1. The van der Waals surface area contributed by atoms with Gasteiger partial charge < -0.3 is 15.1 Å². The molecule has 1 fully saturated rings. The molecule has 26 heavy (non-hydrogen) atoms. The van der Waals surface area contributed by atoms with E-state index >= 15 is 0 Å². The molecule has 1 aromatic carbocycles. The van der Waals surface area contributed by atoms with Gasteiger partial charge in [-0.25, -0.2) is 0 Å². The Morgan fingerprint density at radius 2 is 1.92 bits per heavy atom. The molecule has 2 N–H and O–H groups in total. The highest BCUT2D eigenvalue weighted by molar-refractivity contribution is 7.07. The van der Waals surface area contributed by atoms with Crippen molar-refractivity contribution >= 4 is 23.2 Å². The molecule has 1 saturated heterocycles. The predicted octanol–water partition coefficient (Wildman–Crippen LogP) is 1.24. The van der Waals surface area contributed by atoms with E-state index in [1.165, 1.54) is 17.4 Å². The van der Waals surface area contributed by atoms with Crippen molar-refractivity contribution in [1.82, 2.24) is 10.2 Å². The van der Waals surface area contributed by atoms with Crippen LogP contribution in [0.5, 0.6) is 0 Å². The molecule has 2 heterocycles. The fourth-order valence-corrected chi connectivity index (χ4v) is 4.09. The summed E-state index contributed by atoms with van der Waals surface area (Å²) in [5.41, 5.74) is 2.34. The highest BCUT2D eigenvalue weighted by Gasteiger charge is 2.26. The molecule has 0 saturated carbocycles. The maximum atomic E-state index is 12.8. The van der Waals surface area contributed by atoms with E-state index in [1.54, 1.807) is 11.3 Å². The van der Waals surface area contributed by atoms with Crippen LogP contribution < -0.4 is 10.2 Å². The molecular weight excluding hydrogens is 346 g/mol. The Bertz CT molecular complexity index is 710. The van der Waals surface area contributed by atoms with Crippen LogP contribution >= 0.6 is 11.3 Å². The summed E-state index contributed by atoms with van der Waals surface area (Å²) in [6.07, 6.45) is 0.309. The van der Waals surface area contributed by atoms with E-state index in [9.17, 15) is 9.59 Å². The summed E-state index contributed by atoms with van der Waals surface area (Å²) in [6.45, 7) is 6.02. The average molecular weight is 373 g/mol. The van der Waals surface area contributed by atoms with Gasteiger partial charge in [0.25, 0.3) is 0 Å². The van der Waals surface area contributed by atoms with Crippen molar-refractivity contribution in [3.63, 3.8) is 0 Å². The Balaban J connectivity index is 1.54. The number of thiophene rings is 1. The lowest BCUT2D eigenvalue weighted by atomic mass is 10.0. The zero-order valence-corrected chi connectivity index (χ0v) is 15.9. The fraction of sp³-hybridized carbons (Fsp3) is 0.400. The Hall–Kier alpha value is -2.18. The molecule has 3 rings (SSSR count). The van der Waals surface area contributed by atoms with Crippen molar-refractivity contribution in [3.05, 3.63) is 58.3 Å². The molecule has 2 aromatic rings. The standard InChI is InChI=1S/C20H25N3O2S/c1-16(24)21-19(18-5-3-2-4-6-18)13-20(25)23-10-8-22(9-11-23)14-17-7-12-26-15-17/h2-7,12,15,19H,8-11,13-14H2,1H3,(H,21,24)/p+1/t19-/m0/s1. The molecule has 138 valence electrons. The predicted molar refractivity (Wildman–Crippen MR) is 103 cm³/mol. The third-order valence-electron chi connectivity index (χ3n) is 4.82. The SMILES string of the molecule is CC(=O)N[C@@H](CC(=O)N1CC[NH+](Cc2ccsc2)CC1)c1ccccc1. The van der Waals surface area contributed by atoms with Crippen LogP contribution in [0.15, 0.2) is 47.2 Å². The van der Waals surface area contributed by atoms with Gasteiger partial charge in [-0.15, -0.1) is 0 Å². The minimum atomic E-state index is -0.266. The summed E-state index contributed by atoms with van der Waals surface area (Å²) >= 11 is 1.73. The number of amides is 2. The first kappa shape index (κ1) is 18.6. The summed E-state index contributed by atoms with van der Waals surface area (Å²) in [7, 11) is 0. The first-order valence-electron chi connectivity index (χ1n) is 9.06. The second kappa shape index (κ2) is 8.96. The molecule has 1 atom stereocenters. The Kier molecular flexibility index (Phi) is 6.41. The van der Waals surface area contributed by atoms with Crippen LogP contribution in [0.2, 0.25) is 0 Å². The second-order valence-electron chi connectivity index (χ2n) is 6.81. The van der Waals surface area contributed by atoms with Gasteiger partial charge in [-0.05, 0) is 22.4 Å². The number of nitrogens with one attached hydrogen (secondary N) is 2. The lowest BCUT2D eigenvalue weighted by molar-refractivity contribution is -0.917. The van der Waals surface area contributed by atoms with Gasteiger partial charge in [0.15, 0.2) is 0 Å². The number of rotatable bonds is 6. The minimum Gasteiger partial charge on any atom is -0.349 e. The minimum absolute atomic E-state index is 0.113. The lowest BCUT2D eigenvalue weighted by Gasteiger charge is -2.33. The normalized spacial score (nSPS) is 16.3. The maximum absolute atomic E-state index is 12.8. The molecule has 6 heteroatoms. The summed E-state index contributed by atoms with van der Waals surface area (Å²) < 4.78 is 0. The van der Waals surface area contributed by atoms with Gasteiger partial charge in [-0.1, -0.05) is 30.3 Å². The van der Waals surface area contributed by atoms with E-state index < -0.39 is 0 Å². The average Bonchev–Trinajstić information content (AvgIpc) is 3.15. The Morgan fingerprint density at radius 3 is 2.54 bits per heavy atom. The number of carbonyl (C=O) groups is 2. The molecule has 0 aliphatic carbocycles. The Labute approximate surface area is 158 Å². The summed E-state index contributed by atoms with van der Waals surface area (Å²) in [6, 6.07) is 11.6. The number of piperazine rings is 1. The fourth-order valence-electron chi connectivity index (χ4n) is 3.42. The molecule has 0 bridgehead atoms. The quantitative estimate of drug-likeness (QED) is 0.802. The van der Waals surface area contributed by atoms with Gasteiger partial charge in [0.2, 0.25) is 11.8 Å². The van der Waals surface area contributed by atoms with Crippen LogP contribution in [-0.2, 0) is 16.1 Å². The summed E-state index contributed by atoms with van der Waals surface area (Å²) in [5.74, 6) is -0.00105. The topological polar surface area (TPSA) is 53.9 Å².